The lowest BCUT2D eigenvalue weighted by atomic mass is 9.91. The quantitative estimate of drug-likeness (QED) is 0.763. The molecule has 0 radical (unpaired) electrons. The fourth-order valence-corrected chi connectivity index (χ4v) is 3.18. The minimum atomic E-state index is -1.44. The smallest absolute Gasteiger partial charge is 0.325 e. The van der Waals surface area contributed by atoms with Crippen LogP contribution >= 0.6 is 0 Å². The van der Waals surface area contributed by atoms with Crippen molar-refractivity contribution in [3.8, 4) is 11.5 Å². The highest BCUT2D eigenvalue weighted by Crippen LogP contribution is 2.37. The highest BCUT2D eigenvalue weighted by atomic mass is 19.1. The number of hydrogen-bond acceptors (Lipinski definition) is 5. The van der Waals surface area contributed by atoms with Gasteiger partial charge in [-0.05, 0) is 36.8 Å². The van der Waals surface area contributed by atoms with Crippen molar-refractivity contribution in [3.05, 3.63) is 53.6 Å². The third-order valence-electron chi connectivity index (χ3n) is 4.75. The number of urea groups is 1. The van der Waals surface area contributed by atoms with E-state index in [-0.39, 0.29) is 6.79 Å². The van der Waals surface area contributed by atoms with E-state index in [0.29, 0.717) is 22.0 Å². The predicted octanol–water partition coefficient (Wildman–Crippen LogP) is 2.10. The van der Waals surface area contributed by atoms with Gasteiger partial charge < -0.3 is 20.1 Å². The summed E-state index contributed by atoms with van der Waals surface area (Å²) in [4.78, 5) is 38.1. The Morgan fingerprint density at radius 2 is 1.86 bits per heavy atom. The minimum absolute atomic E-state index is 0.0503. The first-order valence-electron chi connectivity index (χ1n) is 8.57. The van der Waals surface area contributed by atoms with Crippen LogP contribution in [-0.4, -0.2) is 36.1 Å². The van der Waals surface area contributed by atoms with E-state index in [0.717, 1.165) is 18.2 Å². The number of imide groups is 1. The molecule has 2 aliphatic heterocycles. The van der Waals surface area contributed by atoms with Gasteiger partial charge in [-0.3, -0.25) is 14.5 Å². The van der Waals surface area contributed by atoms with Gasteiger partial charge in [0.05, 0.1) is 0 Å². The first-order chi connectivity index (χ1) is 13.8. The Labute approximate surface area is 163 Å². The molecular weight excluding hydrogens is 388 g/mol. The molecule has 2 heterocycles. The number of carbonyl (C=O) groups excluding carboxylic acids is 3. The van der Waals surface area contributed by atoms with Gasteiger partial charge in [0.15, 0.2) is 11.5 Å². The van der Waals surface area contributed by atoms with Crippen molar-refractivity contribution < 1.29 is 32.6 Å². The molecule has 1 atom stereocenters. The molecule has 0 aromatic heterocycles. The standard InChI is InChI=1S/C19H15F2N3O5/c1-19(10-5-6-13-14(7-10)29-9-28-13)17(26)24(18(27)23-19)8-15(25)22-16-11(20)3-2-4-12(16)21/h2-7H,8-9H2,1H3,(H,22,25)(H,23,27)/t19-/m0/s1. The van der Waals surface area contributed by atoms with Crippen LogP contribution in [0.25, 0.3) is 0 Å². The van der Waals surface area contributed by atoms with Crippen molar-refractivity contribution in [2.45, 2.75) is 12.5 Å². The van der Waals surface area contributed by atoms with Gasteiger partial charge in [0.25, 0.3) is 5.91 Å². The van der Waals surface area contributed by atoms with Gasteiger partial charge in [-0.1, -0.05) is 12.1 Å². The molecule has 0 unspecified atom stereocenters. The SMILES string of the molecule is C[C@@]1(c2ccc3c(c2)OCO3)NC(=O)N(CC(=O)Nc2c(F)cccc2F)C1=O. The van der Waals surface area contributed by atoms with Gasteiger partial charge in [0.1, 0.15) is 29.4 Å². The molecule has 4 rings (SSSR count). The lowest BCUT2D eigenvalue weighted by molar-refractivity contribution is -0.133. The monoisotopic (exact) mass is 403 g/mol. The summed E-state index contributed by atoms with van der Waals surface area (Å²) in [6, 6.07) is 7.07. The number of amides is 4. The average molecular weight is 403 g/mol. The number of ether oxygens (including phenoxy) is 2. The van der Waals surface area contributed by atoms with E-state index in [2.05, 4.69) is 5.32 Å². The molecule has 0 bridgehead atoms. The molecule has 2 N–H and O–H groups in total. The summed E-state index contributed by atoms with van der Waals surface area (Å²) in [7, 11) is 0. The lowest BCUT2D eigenvalue weighted by Crippen LogP contribution is -2.42. The highest BCUT2D eigenvalue weighted by molar-refractivity contribution is 6.10. The zero-order chi connectivity index (χ0) is 20.8. The van der Waals surface area contributed by atoms with E-state index in [1.165, 1.54) is 6.92 Å². The predicted molar refractivity (Wildman–Crippen MR) is 95.1 cm³/mol. The molecule has 0 spiro atoms. The summed E-state index contributed by atoms with van der Waals surface area (Å²) in [5.74, 6) is -2.62. The van der Waals surface area contributed by atoms with Crippen LogP contribution in [0.1, 0.15) is 12.5 Å². The minimum Gasteiger partial charge on any atom is -0.454 e. The molecule has 1 fully saturated rings. The van der Waals surface area contributed by atoms with E-state index < -0.39 is 47.3 Å². The number of carbonyl (C=O) groups is 3. The zero-order valence-corrected chi connectivity index (χ0v) is 15.1. The van der Waals surface area contributed by atoms with Gasteiger partial charge in [-0.25, -0.2) is 13.6 Å². The maximum absolute atomic E-state index is 13.7. The zero-order valence-electron chi connectivity index (χ0n) is 15.1. The summed E-state index contributed by atoms with van der Waals surface area (Å²) in [5, 5.41) is 4.59. The van der Waals surface area contributed by atoms with Gasteiger partial charge in [-0.15, -0.1) is 0 Å². The van der Waals surface area contributed by atoms with Gasteiger partial charge in [0.2, 0.25) is 12.7 Å². The number of rotatable bonds is 4. The van der Waals surface area contributed by atoms with Crippen molar-refractivity contribution in [1.29, 1.82) is 0 Å². The Bertz CT molecular complexity index is 1020. The third kappa shape index (κ3) is 3.12. The van der Waals surface area contributed by atoms with Crippen molar-refractivity contribution in [2.75, 3.05) is 18.7 Å². The van der Waals surface area contributed by atoms with Crippen LogP contribution in [0, 0.1) is 11.6 Å². The number of nitrogens with zero attached hydrogens (tertiary/aromatic N) is 1. The van der Waals surface area contributed by atoms with E-state index >= 15 is 0 Å². The Kier molecular flexibility index (Phi) is 4.33. The largest absolute Gasteiger partial charge is 0.454 e. The average Bonchev–Trinajstić information content (AvgIpc) is 3.23. The van der Waals surface area contributed by atoms with E-state index in [1.54, 1.807) is 18.2 Å². The van der Waals surface area contributed by atoms with Crippen LogP contribution in [0.3, 0.4) is 0 Å². The Morgan fingerprint density at radius 1 is 1.17 bits per heavy atom. The van der Waals surface area contributed by atoms with E-state index in [4.69, 9.17) is 9.47 Å². The fraction of sp³-hybridized carbons (Fsp3) is 0.211. The topological polar surface area (TPSA) is 97.0 Å². The Morgan fingerprint density at radius 3 is 2.59 bits per heavy atom. The molecular formula is C19H15F2N3O5. The third-order valence-corrected chi connectivity index (χ3v) is 4.75. The van der Waals surface area contributed by atoms with Crippen molar-refractivity contribution in [1.82, 2.24) is 10.2 Å². The number of anilines is 1. The number of hydrogen-bond donors (Lipinski definition) is 2. The second-order valence-electron chi connectivity index (χ2n) is 6.66. The molecule has 1 saturated heterocycles. The van der Waals surface area contributed by atoms with Crippen LogP contribution in [0.4, 0.5) is 19.3 Å². The fourth-order valence-electron chi connectivity index (χ4n) is 3.18. The van der Waals surface area contributed by atoms with E-state index in [1.807, 2.05) is 5.32 Å². The normalized spacial score (nSPS) is 20.0. The van der Waals surface area contributed by atoms with E-state index in [9.17, 15) is 23.2 Å². The van der Waals surface area contributed by atoms with Crippen LogP contribution in [0.2, 0.25) is 0 Å². The molecule has 2 aromatic carbocycles. The van der Waals surface area contributed by atoms with Crippen molar-refractivity contribution in [3.63, 3.8) is 0 Å². The molecule has 8 nitrogen and oxygen atoms in total. The first-order valence-corrected chi connectivity index (χ1v) is 8.57. The highest BCUT2D eigenvalue weighted by Gasteiger charge is 2.50. The number of nitrogens with one attached hydrogen (secondary N) is 2. The number of fused-ring (bicyclic) bond motifs is 1. The van der Waals surface area contributed by atoms with Gasteiger partial charge in [0, 0.05) is 0 Å². The summed E-state index contributed by atoms with van der Waals surface area (Å²) in [6.45, 7) is 0.826. The maximum atomic E-state index is 13.7. The Balaban J connectivity index is 1.53. The summed E-state index contributed by atoms with van der Waals surface area (Å²) in [5.41, 5.74) is -1.66. The Hall–Kier alpha value is -3.69. The molecule has 29 heavy (non-hydrogen) atoms. The van der Waals surface area contributed by atoms with Gasteiger partial charge in [-0.2, -0.15) is 0 Å². The van der Waals surface area contributed by atoms with Crippen LogP contribution in [0.15, 0.2) is 36.4 Å². The first kappa shape index (κ1) is 18.7. The molecule has 4 amide bonds. The second kappa shape index (κ2) is 6.73. The van der Waals surface area contributed by atoms with Crippen LogP contribution < -0.4 is 20.1 Å². The van der Waals surface area contributed by atoms with Crippen molar-refractivity contribution in [2.24, 2.45) is 0 Å². The maximum Gasteiger partial charge on any atom is 0.325 e. The van der Waals surface area contributed by atoms with Crippen LogP contribution in [0.5, 0.6) is 11.5 Å². The van der Waals surface area contributed by atoms with Gasteiger partial charge >= 0.3 is 6.03 Å². The van der Waals surface area contributed by atoms with Crippen molar-refractivity contribution >= 4 is 23.5 Å². The van der Waals surface area contributed by atoms with Crippen LogP contribution in [-0.2, 0) is 15.1 Å². The second-order valence-corrected chi connectivity index (χ2v) is 6.66. The molecule has 2 aliphatic rings. The molecule has 10 heteroatoms. The number of para-hydroxylation sites is 1. The lowest BCUT2D eigenvalue weighted by Gasteiger charge is -2.22. The summed E-state index contributed by atoms with van der Waals surface area (Å²) < 4.78 is 37.9. The number of benzene rings is 2. The molecule has 0 aliphatic carbocycles. The molecule has 150 valence electrons. The summed E-state index contributed by atoms with van der Waals surface area (Å²) in [6.07, 6.45) is 0. The summed E-state index contributed by atoms with van der Waals surface area (Å²) >= 11 is 0. The molecule has 0 saturated carbocycles. The molecule has 2 aromatic rings. The number of halogens is 2.